The third-order valence-corrected chi connectivity index (χ3v) is 8.18. The van der Waals surface area contributed by atoms with E-state index in [2.05, 4.69) is 11.5 Å². The van der Waals surface area contributed by atoms with Crippen LogP contribution in [0, 0.1) is 16.7 Å². The van der Waals surface area contributed by atoms with E-state index < -0.39 is 22.7 Å². The largest absolute Gasteiger partial charge is 0.427 e. The summed E-state index contributed by atoms with van der Waals surface area (Å²) in [5, 5.41) is 0. The van der Waals surface area contributed by atoms with Crippen LogP contribution < -0.4 is 9.64 Å². The summed E-state index contributed by atoms with van der Waals surface area (Å²) in [5.41, 5.74) is -0.303. The highest BCUT2D eigenvalue weighted by molar-refractivity contribution is 6.18. The Labute approximate surface area is 219 Å². The Kier molecular flexibility index (Phi) is 10.6. The van der Waals surface area contributed by atoms with Gasteiger partial charge in [-0.1, -0.05) is 33.8 Å². The summed E-state index contributed by atoms with van der Waals surface area (Å²) in [6.45, 7) is 12.6. The first kappa shape index (κ1) is 29.1. The molecule has 0 fully saturated rings. The summed E-state index contributed by atoms with van der Waals surface area (Å²) in [5.74, 6) is 0.251. The zero-order valence-electron chi connectivity index (χ0n) is 21.2. The van der Waals surface area contributed by atoms with Crippen molar-refractivity contribution in [1.29, 1.82) is 0 Å². The van der Waals surface area contributed by atoms with Crippen LogP contribution in [0.3, 0.4) is 0 Å². The van der Waals surface area contributed by atoms with Gasteiger partial charge in [0.15, 0.2) is 11.6 Å². The van der Waals surface area contributed by atoms with Gasteiger partial charge in [0, 0.05) is 47.4 Å². The minimum Gasteiger partial charge on any atom is -0.427 e. The highest BCUT2D eigenvalue weighted by atomic mass is 35.5. The predicted molar refractivity (Wildman–Crippen MR) is 144 cm³/mol. The van der Waals surface area contributed by atoms with Crippen LogP contribution in [0.15, 0.2) is 48.6 Å². The standard InChI is InChI=1S/C28H37Cl2NO4/c1-6-9-21-18-24(32)27(5,20(4)26(21)34)28(7-2,8-3)19-25(33)35-23-12-10-22(11-13-23)31(16-14-29)17-15-30/h6,10-13,18,20H,1,7-9,14-17,19H2,2-5H3. The van der Waals surface area contributed by atoms with Gasteiger partial charge in [0.2, 0.25) is 0 Å². The minimum absolute atomic E-state index is 0.0386. The lowest BCUT2D eigenvalue weighted by molar-refractivity contribution is -0.153. The molecule has 5 nitrogen and oxygen atoms in total. The van der Waals surface area contributed by atoms with Crippen molar-refractivity contribution in [3.63, 3.8) is 0 Å². The lowest BCUT2D eigenvalue weighted by atomic mass is 9.50. The van der Waals surface area contributed by atoms with E-state index in [1.54, 1.807) is 25.1 Å². The summed E-state index contributed by atoms with van der Waals surface area (Å²) >= 11 is 11.8. The number of hydrogen-bond acceptors (Lipinski definition) is 5. The van der Waals surface area contributed by atoms with E-state index in [0.29, 0.717) is 55.4 Å². The highest BCUT2D eigenvalue weighted by Gasteiger charge is 2.57. The van der Waals surface area contributed by atoms with E-state index in [4.69, 9.17) is 27.9 Å². The molecule has 35 heavy (non-hydrogen) atoms. The number of anilines is 1. The Morgan fingerprint density at radius 3 is 2.20 bits per heavy atom. The second-order valence-corrected chi connectivity index (χ2v) is 10.1. The second-order valence-electron chi connectivity index (χ2n) is 9.31. The van der Waals surface area contributed by atoms with Crippen molar-refractivity contribution in [2.24, 2.45) is 16.7 Å². The van der Waals surface area contributed by atoms with E-state index >= 15 is 0 Å². The van der Waals surface area contributed by atoms with E-state index in [1.807, 2.05) is 32.9 Å². The van der Waals surface area contributed by atoms with Crippen molar-refractivity contribution >= 4 is 46.4 Å². The summed E-state index contributed by atoms with van der Waals surface area (Å²) in [7, 11) is 0. The average Bonchev–Trinajstić information content (AvgIpc) is 2.85. The smallest absolute Gasteiger partial charge is 0.311 e. The molecule has 2 atom stereocenters. The predicted octanol–water partition coefficient (Wildman–Crippen LogP) is 6.37. The van der Waals surface area contributed by atoms with Crippen molar-refractivity contribution in [3.8, 4) is 5.75 Å². The minimum atomic E-state index is -1.01. The third kappa shape index (κ3) is 6.00. The monoisotopic (exact) mass is 521 g/mol. The number of hydrogen-bond donors (Lipinski definition) is 0. The van der Waals surface area contributed by atoms with Crippen molar-refractivity contribution in [3.05, 3.63) is 48.6 Å². The molecule has 1 aromatic rings. The number of carbonyl (C=O) groups excluding carboxylic acids is 3. The quantitative estimate of drug-likeness (QED) is 0.130. The van der Waals surface area contributed by atoms with Crippen LogP contribution in [0.5, 0.6) is 5.75 Å². The van der Waals surface area contributed by atoms with Crippen molar-refractivity contribution in [1.82, 2.24) is 0 Å². The molecular formula is C28H37Cl2NO4. The Bertz CT molecular complexity index is 946. The molecule has 192 valence electrons. The molecule has 1 aliphatic carbocycles. The van der Waals surface area contributed by atoms with Gasteiger partial charge in [-0.2, -0.15) is 0 Å². The van der Waals surface area contributed by atoms with Crippen LogP contribution in [0.1, 0.15) is 53.4 Å². The molecular weight excluding hydrogens is 485 g/mol. The average molecular weight is 523 g/mol. The fourth-order valence-electron chi connectivity index (χ4n) is 5.33. The molecule has 7 heteroatoms. The number of esters is 1. The zero-order chi connectivity index (χ0) is 26.2. The van der Waals surface area contributed by atoms with Gasteiger partial charge in [-0.25, -0.2) is 0 Å². The molecule has 0 heterocycles. The Hall–Kier alpha value is -2.11. The number of rotatable bonds is 13. The summed E-state index contributed by atoms with van der Waals surface area (Å²) in [4.78, 5) is 41.7. The molecule has 2 rings (SSSR count). The number of halogens is 2. The van der Waals surface area contributed by atoms with Crippen LogP contribution in [-0.2, 0) is 14.4 Å². The number of benzene rings is 1. The number of ether oxygens (including phenoxy) is 1. The maximum absolute atomic E-state index is 13.4. The van der Waals surface area contributed by atoms with E-state index in [0.717, 1.165) is 5.69 Å². The topological polar surface area (TPSA) is 63.7 Å². The Morgan fingerprint density at radius 1 is 1.14 bits per heavy atom. The number of alkyl halides is 2. The summed E-state index contributed by atoms with van der Waals surface area (Å²) in [6.07, 6.45) is 4.62. The molecule has 2 unspecified atom stereocenters. The lowest BCUT2D eigenvalue weighted by Gasteiger charge is -2.51. The van der Waals surface area contributed by atoms with Crippen LogP contribution in [0.2, 0.25) is 0 Å². The van der Waals surface area contributed by atoms with Crippen molar-refractivity contribution in [2.45, 2.75) is 53.4 Å². The summed E-state index contributed by atoms with van der Waals surface area (Å²) in [6, 6.07) is 7.22. The van der Waals surface area contributed by atoms with Gasteiger partial charge in [0.25, 0.3) is 0 Å². The molecule has 0 saturated heterocycles. The third-order valence-electron chi connectivity index (χ3n) is 7.84. The number of ketones is 2. The van der Waals surface area contributed by atoms with E-state index in [9.17, 15) is 14.4 Å². The van der Waals surface area contributed by atoms with Gasteiger partial charge >= 0.3 is 5.97 Å². The zero-order valence-corrected chi connectivity index (χ0v) is 22.8. The summed E-state index contributed by atoms with van der Waals surface area (Å²) < 4.78 is 5.69. The number of allylic oxidation sites excluding steroid dienone is 3. The van der Waals surface area contributed by atoms with E-state index in [1.165, 1.54) is 6.08 Å². The molecule has 0 bridgehead atoms. The fourth-order valence-corrected chi connectivity index (χ4v) is 5.74. The van der Waals surface area contributed by atoms with Gasteiger partial charge in [-0.3, -0.25) is 14.4 Å². The Morgan fingerprint density at radius 2 is 1.71 bits per heavy atom. The normalized spacial score (nSPS) is 20.4. The first-order chi connectivity index (χ1) is 16.6. The van der Waals surface area contributed by atoms with Gasteiger partial charge in [-0.15, -0.1) is 29.8 Å². The van der Waals surface area contributed by atoms with E-state index in [-0.39, 0.29) is 18.0 Å². The maximum Gasteiger partial charge on any atom is 0.311 e. The number of Topliss-reactive ketones (excluding diaryl/α,β-unsaturated/α-hetero) is 1. The van der Waals surface area contributed by atoms with Crippen LogP contribution in [0.4, 0.5) is 5.69 Å². The van der Waals surface area contributed by atoms with Crippen LogP contribution in [0.25, 0.3) is 0 Å². The van der Waals surface area contributed by atoms with Crippen molar-refractivity contribution in [2.75, 3.05) is 29.7 Å². The SMILES string of the molecule is C=CCC1=CC(=O)C(C)(C(CC)(CC)CC(=O)Oc2ccc(N(CCCl)CCCl)cc2)C(C)C1=O. The van der Waals surface area contributed by atoms with Crippen LogP contribution in [-0.4, -0.2) is 42.4 Å². The number of nitrogens with zero attached hydrogens (tertiary/aromatic N) is 1. The number of carbonyl (C=O) groups is 3. The first-order valence-electron chi connectivity index (χ1n) is 12.2. The molecule has 0 aromatic heterocycles. The second kappa shape index (κ2) is 12.7. The molecule has 0 saturated carbocycles. The Balaban J connectivity index is 2.27. The molecule has 0 N–H and O–H groups in total. The lowest BCUT2D eigenvalue weighted by Crippen LogP contribution is -2.54. The molecule has 0 radical (unpaired) electrons. The fraction of sp³-hybridized carbons (Fsp3) is 0.536. The van der Waals surface area contributed by atoms with Gasteiger partial charge < -0.3 is 9.64 Å². The molecule has 1 aliphatic rings. The van der Waals surface area contributed by atoms with Crippen LogP contribution >= 0.6 is 23.2 Å². The maximum atomic E-state index is 13.4. The molecule has 0 spiro atoms. The van der Waals surface area contributed by atoms with Crippen molar-refractivity contribution < 1.29 is 19.1 Å². The molecule has 0 amide bonds. The van der Waals surface area contributed by atoms with Gasteiger partial charge in [0.1, 0.15) is 5.75 Å². The van der Waals surface area contributed by atoms with Gasteiger partial charge in [0.05, 0.1) is 6.42 Å². The first-order valence-corrected chi connectivity index (χ1v) is 13.3. The van der Waals surface area contributed by atoms with Gasteiger partial charge in [-0.05, 0) is 55.0 Å². The highest BCUT2D eigenvalue weighted by Crippen LogP contribution is 2.55. The molecule has 1 aromatic carbocycles. The molecule has 0 aliphatic heterocycles.